The van der Waals surface area contributed by atoms with Gasteiger partial charge >= 0.3 is 0 Å². The predicted molar refractivity (Wildman–Crippen MR) is 84.9 cm³/mol. The maximum Gasteiger partial charge on any atom is 0.224 e. The van der Waals surface area contributed by atoms with E-state index in [4.69, 9.17) is 0 Å². The largest absolute Gasteiger partial charge is 0.326 e. The molecule has 0 saturated carbocycles. The number of rotatable bonds is 4. The molecule has 0 bridgehead atoms. The number of fused-ring (bicyclic) bond motifs is 1. The summed E-state index contributed by atoms with van der Waals surface area (Å²) in [5, 5.41) is 2.86. The highest BCUT2D eigenvalue weighted by molar-refractivity contribution is 5.90. The number of hydrogen-bond donors (Lipinski definition) is 1. The lowest BCUT2D eigenvalue weighted by Gasteiger charge is -2.18. The molecule has 1 aromatic carbocycles. The van der Waals surface area contributed by atoms with Crippen LogP contribution in [0.2, 0.25) is 0 Å². The number of hydrogen-bond acceptors (Lipinski definition) is 3. The summed E-state index contributed by atoms with van der Waals surface area (Å²) in [7, 11) is 0. The first-order valence-corrected chi connectivity index (χ1v) is 7.39. The molecule has 1 aliphatic rings. The average Bonchev–Trinajstić information content (AvgIpc) is 2.92. The van der Waals surface area contributed by atoms with Crippen LogP contribution in [0, 0.1) is 0 Å². The molecule has 1 aromatic heterocycles. The first kappa shape index (κ1) is 13.6. The number of nitrogens with one attached hydrogen (secondary N) is 1. The van der Waals surface area contributed by atoms with Gasteiger partial charge in [-0.3, -0.25) is 4.79 Å². The molecular weight excluding hydrogens is 262 g/mol. The molecular formula is C17H19N3O. The van der Waals surface area contributed by atoms with E-state index in [2.05, 4.69) is 39.5 Å². The van der Waals surface area contributed by atoms with Gasteiger partial charge in [0.2, 0.25) is 5.91 Å². The van der Waals surface area contributed by atoms with Gasteiger partial charge in [-0.15, -0.1) is 0 Å². The zero-order valence-corrected chi connectivity index (χ0v) is 12.2. The second kappa shape index (κ2) is 5.95. The minimum atomic E-state index is 0.0403. The average molecular weight is 281 g/mol. The number of nitrogens with zero attached hydrogens (tertiary/aromatic N) is 2. The van der Waals surface area contributed by atoms with Gasteiger partial charge < -0.3 is 10.2 Å². The van der Waals surface area contributed by atoms with Gasteiger partial charge in [-0.1, -0.05) is 25.1 Å². The van der Waals surface area contributed by atoms with Crippen LogP contribution in [0.15, 0.2) is 42.6 Å². The number of pyridine rings is 1. The number of carbonyl (C=O) groups excluding carboxylic acids is 1. The van der Waals surface area contributed by atoms with Crippen LogP contribution in [0.5, 0.6) is 0 Å². The fourth-order valence-corrected chi connectivity index (χ4v) is 2.65. The van der Waals surface area contributed by atoms with Gasteiger partial charge in [-0.25, -0.2) is 4.98 Å². The highest BCUT2D eigenvalue weighted by Crippen LogP contribution is 2.33. The van der Waals surface area contributed by atoms with Gasteiger partial charge in [0, 0.05) is 18.7 Å². The highest BCUT2D eigenvalue weighted by atomic mass is 16.1. The van der Waals surface area contributed by atoms with E-state index >= 15 is 0 Å². The summed E-state index contributed by atoms with van der Waals surface area (Å²) >= 11 is 0. The van der Waals surface area contributed by atoms with Crippen molar-refractivity contribution >= 4 is 23.1 Å². The van der Waals surface area contributed by atoms with Crippen LogP contribution >= 0.6 is 0 Å². The Morgan fingerprint density at radius 2 is 2.14 bits per heavy atom. The SMILES string of the molecule is CCCC(=O)Nc1ccc(N2CCc3ccccc32)nc1. The first-order chi connectivity index (χ1) is 10.3. The number of anilines is 3. The molecule has 0 spiro atoms. The van der Waals surface area contributed by atoms with Gasteiger partial charge in [-0.2, -0.15) is 0 Å². The molecule has 2 aromatic rings. The smallest absolute Gasteiger partial charge is 0.224 e. The monoisotopic (exact) mass is 281 g/mol. The van der Waals surface area contributed by atoms with Crippen molar-refractivity contribution < 1.29 is 4.79 Å². The summed E-state index contributed by atoms with van der Waals surface area (Å²) < 4.78 is 0. The second-order valence-electron chi connectivity index (χ2n) is 5.23. The minimum Gasteiger partial charge on any atom is -0.326 e. The Morgan fingerprint density at radius 1 is 1.29 bits per heavy atom. The molecule has 1 aliphatic heterocycles. The van der Waals surface area contributed by atoms with Crippen molar-refractivity contribution in [3.05, 3.63) is 48.2 Å². The molecule has 4 heteroatoms. The molecule has 0 aliphatic carbocycles. The molecule has 3 rings (SSSR count). The summed E-state index contributed by atoms with van der Waals surface area (Å²) in [5.41, 5.74) is 3.34. The quantitative estimate of drug-likeness (QED) is 0.932. The van der Waals surface area contributed by atoms with E-state index in [9.17, 15) is 4.79 Å². The van der Waals surface area contributed by atoms with E-state index in [0.29, 0.717) is 6.42 Å². The van der Waals surface area contributed by atoms with Crippen LogP contribution in [-0.2, 0) is 11.2 Å². The fourth-order valence-electron chi connectivity index (χ4n) is 2.65. The minimum absolute atomic E-state index is 0.0403. The fraction of sp³-hybridized carbons (Fsp3) is 0.294. The molecule has 1 N–H and O–H groups in total. The number of benzene rings is 1. The zero-order valence-electron chi connectivity index (χ0n) is 12.2. The molecule has 0 atom stereocenters. The molecule has 0 fully saturated rings. The van der Waals surface area contributed by atoms with E-state index in [0.717, 1.165) is 30.9 Å². The summed E-state index contributed by atoms with van der Waals surface area (Å²) in [5.74, 6) is 0.965. The molecule has 2 heterocycles. The van der Waals surface area contributed by atoms with Crippen molar-refractivity contribution in [2.24, 2.45) is 0 Å². The first-order valence-electron chi connectivity index (χ1n) is 7.39. The van der Waals surface area contributed by atoms with E-state index in [1.165, 1.54) is 11.3 Å². The Labute approximate surface area is 124 Å². The van der Waals surface area contributed by atoms with Crippen molar-refractivity contribution in [3.63, 3.8) is 0 Å². The van der Waals surface area contributed by atoms with Crippen LogP contribution in [0.1, 0.15) is 25.3 Å². The van der Waals surface area contributed by atoms with E-state index in [1.807, 2.05) is 19.1 Å². The zero-order chi connectivity index (χ0) is 14.7. The Bertz CT molecular complexity index is 637. The van der Waals surface area contributed by atoms with Crippen molar-refractivity contribution in [1.82, 2.24) is 4.98 Å². The maximum atomic E-state index is 11.6. The number of aromatic nitrogens is 1. The van der Waals surface area contributed by atoms with E-state index in [1.54, 1.807) is 6.20 Å². The molecule has 108 valence electrons. The summed E-state index contributed by atoms with van der Waals surface area (Å²) in [4.78, 5) is 18.3. The van der Waals surface area contributed by atoms with Gasteiger partial charge in [-0.05, 0) is 36.6 Å². The van der Waals surface area contributed by atoms with Crippen LogP contribution in [0.4, 0.5) is 17.2 Å². The normalized spacial score (nSPS) is 13.1. The van der Waals surface area contributed by atoms with Gasteiger partial charge in [0.1, 0.15) is 5.82 Å². The summed E-state index contributed by atoms with van der Waals surface area (Å²) in [6, 6.07) is 12.3. The van der Waals surface area contributed by atoms with Gasteiger partial charge in [0.05, 0.1) is 11.9 Å². The Kier molecular flexibility index (Phi) is 3.86. The third-order valence-electron chi connectivity index (χ3n) is 3.67. The third-order valence-corrected chi connectivity index (χ3v) is 3.67. The molecule has 0 saturated heterocycles. The number of amides is 1. The lowest BCUT2D eigenvalue weighted by molar-refractivity contribution is -0.116. The third kappa shape index (κ3) is 2.89. The Hall–Kier alpha value is -2.36. The molecule has 1 amide bonds. The van der Waals surface area contributed by atoms with Gasteiger partial charge in [0.15, 0.2) is 0 Å². The van der Waals surface area contributed by atoms with Gasteiger partial charge in [0.25, 0.3) is 0 Å². The van der Waals surface area contributed by atoms with Crippen molar-refractivity contribution in [1.29, 1.82) is 0 Å². The topological polar surface area (TPSA) is 45.2 Å². The van der Waals surface area contributed by atoms with Crippen LogP contribution in [0.25, 0.3) is 0 Å². The standard InChI is InChI=1S/C17H19N3O/c1-2-5-17(21)19-14-8-9-16(18-12-14)20-11-10-13-6-3-4-7-15(13)20/h3-4,6-9,12H,2,5,10-11H2,1H3,(H,19,21). The number of para-hydroxylation sites is 1. The molecule has 21 heavy (non-hydrogen) atoms. The van der Waals surface area contributed by atoms with Crippen LogP contribution in [0.3, 0.4) is 0 Å². The Morgan fingerprint density at radius 3 is 2.90 bits per heavy atom. The molecule has 0 unspecified atom stereocenters. The van der Waals surface area contributed by atoms with E-state index in [-0.39, 0.29) is 5.91 Å². The van der Waals surface area contributed by atoms with Crippen molar-refractivity contribution in [3.8, 4) is 0 Å². The van der Waals surface area contributed by atoms with E-state index < -0.39 is 0 Å². The molecule has 4 nitrogen and oxygen atoms in total. The lowest BCUT2D eigenvalue weighted by Crippen LogP contribution is -2.15. The Balaban J connectivity index is 1.75. The van der Waals surface area contributed by atoms with Crippen molar-refractivity contribution in [2.75, 3.05) is 16.8 Å². The summed E-state index contributed by atoms with van der Waals surface area (Å²) in [6.07, 6.45) is 4.17. The predicted octanol–water partition coefficient (Wildman–Crippen LogP) is 3.51. The number of carbonyl (C=O) groups is 1. The summed E-state index contributed by atoms with van der Waals surface area (Å²) in [6.45, 7) is 2.94. The van der Waals surface area contributed by atoms with Crippen LogP contribution in [-0.4, -0.2) is 17.4 Å². The molecule has 0 radical (unpaired) electrons. The van der Waals surface area contributed by atoms with Crippen molar-refractivity contribution in [2.45, 2.75) is 26.2 Å². The maximum absolute atomic E-state index is 11.6. The lowest BCUT2D eigenvalue weighted by atomic mass is 10.2. The second-order valence-corrected chi connectivity index (χ2v) is 5.23. The highest BCUT2D eigenvalue weighted by Gasteiger charge is 2.20. The van der Waals surface area contributed by atoms with Crippen LogP contribution < -0.4 is 10.2 Å².